The zero-order valence-corrected chi connectivity index (χ0v) is 10.6. The zero-order valence-electron chi connectivity index (χ0n) is 8.98. The third-order valence-corrected chi connectivity index (χ3v) is 4.19. The molecule has 0 aliphatic rings. The van der Waals surface area contributed by atoms with Crippen molar-refractivity contribution in [3.63, 3.8) is 0 Å². The largest absolute Gasteiger partial charge is 0.394 e. The Balaban J connectivity index is 2.03. The van der Waals surface area contributed by atoms with Gasteiger partial charge in [0.25, 0.3) is 0 Å². The predicted octanol–water partition coefficient (Wildman–Crippen LogP) is 2.12. The SMILES string of the molecule is CC(N)(CO)CCCCSc1nccs1. The van der Waals surface area contributed by atoms with Gasteiger partial charge in [0.15, 0.2) is 0 Å². The first-order chi connectivity index (χ1) is 7.14. The highest BCUT2D eigenvalue weighted by atomic mass is 32.2. The number of hydrogen-bond donors (Lipinski definition) is 2. The highest BCUT2D eigenvalue weighted by Gasteiger charge is 2.15. The standard InChI is InChI=1S/C10H18N2OS2/c1-10(11,8-13)4-2-3-6-14-9-12-5-7-15-9/h5,7,13H,2-4,6,8,11H2,1H3. The first kappa shape index (κ1) is 13.0. The van der Waals surface area contributed by atoms with Crippen molar-refractivity contribution in [3.05, 3.63) is 11.6 Å². The molecule has 1 aromatic rings. The third kappa shape index (κ3) is 5.51. The summed E-state index contributed by atoms with van der Waals surface area (Å²) in [6.07, 6.45) is 4.89. The molecule has 86 valence electrons. The van der Waals surface area contributed by atoms with E-state index in [1.54, 1.807) is 23.1 Å². The molecule has 0 radical (unpaired) electrons. The fourth-order valence-corrected chi connectivity index (χ4v) is 2.86. The van der Waals surface area contributed by atoms with Crippen molar-refractivity contribution in [2.75, 3.05) is 12.4 Å². The van der Waals surface area contributed by atoms with Crippen LogP contribution in [0.15, 0.2) is 15.9 Å². The second-order valence-corrected chi connectivity index (χ2v) is 6.15. The lowest BCUT2D eigenvalue weighted by molar-refractivity contribution is 0.198. The van der Waals surface area contributed by atoms with E-state index < -0.39 is 5.54 Å². The van der Waals surface area contributed by atoms with E-state index in [0.717, 1.165) is 29.4 Å². The molecule has 1 aromatic heterocycles. The molecule has 0 aromatic carbocycles. The van der Waals surface area contributed by atoms with E-state index in [1.807, 2.05) is 18.5 Å². The summed E-state index contributed by atoms with van der Waals surface area (Å²) in [5, 5.41) is 11.0. The fourth-order valence-electron chi connectivity index (χ4n) is 1.15. The molecule has 3 N–H and O–H groups in total. The van der Waals surface area contributed by atoms with Gasteiger partial charge in [-0.2, -0.15) is 0 Å². The van der Waals surface area contributed by atoms with Gasteiger partial charge in [0.2, 0.25) is 0 Å². The quantitative estimate of drug-likeness (QED) is 0.571. The van der Waals surface area contributed by atoms with E-state index in [0.29, 0.717) is 0 Å². The Morgan fingerprint density at radius 3 is 3.00 bits per heavy atom. The predicted molar refractivity (Wildman–Crippen MR) is 66.4 cm³/mol. The lowest BCUT2D eigenvalue weighted by Gasteiger charge is -2.20. The van der Waals surface area contributed by atoms with E-state index in [1.165, 1.54) is 0 Å². The average Bonchev–Trinajstić information content (AvgIpc) is 2.70. The number of thiazole rings is 1. The summed E-state index contributed by atoms with van der Waals surface area (Å²) in [4.78, 5) is 4.20. The molecule has 0 spiro atoms. The second kappa shape index (κ2) is 6.48. The Morgan fingerprint density at radius 2 is 2.40 bits per heavy atom. The van der Waals surface area contributed by atoms with Gasteiger partial charge in [-0.05, 0) is 19.8 Å². The Kier molecular flexibility index (Phi) is 5.60. The van der Waals surface area contributed by atoms with Crippen LogP contribution in [0, 0.1) is 0 Å². The molecule has 0 saturated carbocycles. The number of nitrogens with two attached hydrogens (primary N) is 1. The molecule has 0 amide bonds. The lowest BCUT2D eigenvalue weighted by atomic mass is 9.98. The van der Waals surface area contributed by atoms with Crippen molar-refractivity contribution >= 4 is 23.1 Å². The van der Waals surface area contributed by atoms with Gasteiger partial charge in [-0.1, -0.05) is 18.2 Å². The molecule has 1 heterocycles. The Bertz CT molecular complexity index is 262. The molecule has 0 aliphatic carbocycles. The lowest BCUT2D eigenvalue weighted by Crippen LogP contribution is -2.39. The van der Waals surface area contributed by atoms with Crippen molar-refractivity contribution < 1.29 is 5.11 Å². The first-order valence-corrected chi connectivity index (χ1v) is 6.93. The van der Waals surface area contributed by atoms with Gasteiger partial charge in [0.1, 0.15) is 4.34 Å². The number of unbranched alkanes of at least 4 members (excludes halogenated alkanes) is 1. The maximum atomic E-state index is 8.96. The van der Waals surface area contributed by atoms with Crippen molar-refractivity contribution in [1.29, 1.82) is 0 Å². The highest BCUT2D eigenvalue weighted by Crippen LogP contribution is 2.22. The summed E-state index contributed by atoms with van der Waals surface area (Å²) in [6.45, 7) is 1.95. The number of rotatable bonds is 7. The van der Waals surface area contributed by atoms with Crippen LogP contribution in [0.4, 0.5) is 0 Å². The van der Waals surface area contributed by atoms with Crippen LogP contribution >= 0.6 is 23.1 Å². The summed E-state index contributed by atoms with van der Waals surface area (Å²) >= 11 is 3.47. The molecule has 3 nitrogen and oxygen atoms in total. The van der Waals surface area contributed by atoms with Crippen molar-refractivity contribution in [3.8, 4) is 0 Å². The molecule has 1 atom stereocenters. The van der Waals surface area contributed by atoms with Gasteiger partial charge in [-0.3, -0.25) is 0 Å². The van der Waals surface area contributed by atoms with Crippen LogP contribution in [0.25, 0.3) is 0 Å². The van der Waals surface area contributed by atoms with Gasteiger partial charge in [-0.15, -0.1) is 11.3 Å². The van der Waals surface area contributed by atoms with Crippen LogP contribution < -0.4 is 5.73 Å². The average molecular weight is 246 g/mol. The maximum Gasteiger partial charge on any atom is 0.149 e. The molecule has 1 rings (SSSR count). The highest BCUT2D eigenvalue weighted by molar-refractivity contribution is 8.00. The summed E-state index contributed by atoms with van der Waals surface area (Å²) in [6, 6.07) is 0. The van der Waals surface area contributed by atoms with Crippen molar-refractivity contribution in [2.24, 2.45) is 5.73 Å². The fraction of sp³-hybridized carbons (Fsp3) is 0.700. The van der Waals surface area contributed by atoms with E-state index in [2.05, 4.69) is 4.98 Å². The normalized spacial score (nSPS) is 15.1. The molecule has 0 aliphatic heterocycles. The number of aliphatic hydroxyl groups excluding tert-OH is 1. The summed E-state index contributed by atoms with van der Waals surface area (Å²) in [7, 11) is 0. The summed E-state index contributed by atoms with van der Waals surface area (Å²) in [5.41, 5.74) is 5.41. The van der Waals surface area contributed by atoms with Crippen LogP contribution in [0.3, 0.4) is 0 Å². The summed E-state index contributed by atoms with van der Waals surface area (Å²) in [5.74, 6) is 1.08. The van der Waals surface area contributed by atoms with E-state index in [4.69, 9.17) is 10.8 Å². The van der Waals surface area contributed by atoms with Gasteiger partial charge in [0, 0.05) is 22.9 Å². The molecule has 1 unspecified atom stereocenters. The molecule has 0 fully saturated rings. The van der Waals surface area contributed by atoms with Gasteiger partial charge in [-0.25, -0.2) is 4.98 Å². The van der Waals surface area contributed by atoms with Crippen LogP contribution in [-0.4, -0.2) is 28.0 Å². The molecular formula is C10H18N2OS2. The number of aliphatic hydroxyl groups is 1. The minimum absolute atomic E-state index is 0.0621. The number of nitrogens with zero attached hydrogens (tertiary/aromatic N) is 1. The third-order valence-electron chi connectivity index (χ3n) is 2.14. The van der Waals surface area contributed by atoms with E-state index in [-0.39, 0.29) is 6.61 Å². The van der Waals surface area contributed by atoms with Gasteiger partial charge < -0.3 is 10.8 Å². The Morgan fingerprint density at radius 1 is 1.60 bits per heavy atom. The first-order valence-electron chi connectivity index (χ1n) is 5.06. The van der Waals surface area contributed by atoms with Crippen LogP contribution in [0.5, 0.6) is 0 Å². The molecular weight excluding hydrogens is 228 g/mol. The molecule has 0 bridgehead atoms. The Hall–Kier alpha value is -0.100. The number of hydrogen-bond acceptors (Lipinski definition) is 5. The van der Waals surface area contributed by atoms with Crippen LogP contribution in [-0.2, 0) is 0 Å². The van der Waals surface area contributed by atoms with E-state index in [9.17, 15) is 0 Å². The zero-order chi connectivity index (χ0) is 11.1. The Labute approximate surface area is 99.1 Å². The van der Waals surface area contributed by atoms with Crippen LogP contribution in [0.2, 0.25) is 0 Å². The maximum absolute atomic E-state index is 8.96. The monoisotopic (exact) mass is 246 g/mol. The van der Waals surface area contributed by atoms with Crippen molar-refractivity contribution in [2.45, 2.75) is 36.1 Å². The molecule has 0 saturated heterocycles. The summed E-state index contributed by atoms with van der Waals surface area (Å²) < 4.78 is 1.13. The van der Waals surface area contributed by atoms with Gasteiger partial charge >= 0.3 is 0 Å². The van der Waals surface area contributed by atoms with Gasteiger partial charge in [0.05, 0.1) is 6.61 Å². The van der Waals surface area contributed by atoms with Crippen molar-refractivity contribution in [1.82, 2.24) is 4.98 Å². The minimum Gasteiger partial charge on any atom is -0.394 e. The number of thioether (sulfide) groups is 1. The van der Waals surface area contributed by atoms with Crippen LogP contribution in [0.1, 0.15) is 26.2 Å². The molecule has 15 heavy (non-hydrogen) atoms. The number of aromatic nitrogens is 1. The smallest absolute Gasteiger partial charge is 0.149 e. The minimum atomic E-state index is -0.411. The second-order valence-electron chi connectivity index (χ2n) is 3.92. The van der Waals surface area contributed by atoms with E-state index >= 15 is 0 Å². The topological polar surface area (TPSA) is 59.1 Å². The molecule has 5 heteroatoms.